The molecule has 2 atom stereocenters. The Morgan fingerprint density at radius 3 is 2.36 bits per heavy atom. The van der Waals surface area contributed by atoms with Crippen molar-refractivity contribution >= 4 is 0 Å². The zero-order valence-electron chi connectivity index (χ0n) is 7.80. The number of hydrogen-bond acceptors (Lipinski definition) is 2. The zero-order valence-corrected chi connectivity index (χ0v) is 7.80. The first kappa shape index (κ1) is 8.97. The van der Waals surface area contributed by atoms with Gasteiger partial charge in [0.2, 0.25) is 0 Å². The largest absolute Gasteiger partial charge is 0.327 e. The Morgan fingerprint density at radius 1 is 1.36 bits per heavy atom. The van der Waals surface area contributed by atoms with Gasteiger partial charge in [0.15, 0.2) is 0 Å². The molecule has 1 rings (SSSR count). The third-order valence-corrected chi connectivity index (χ3v) is 2.36. The molecule has 66 valence electrons. The van der Waals surface area contributed by atoms with Crippen LogP contribution in [-0.2, 0) is 0 Å². The number of nitrogens with zero attached hydrogens (tertiary/aromatic N) is 1. The van der Waals surface area contributed by atoms with E-state index in [4.69, 9.17) is 5.73 Å². The van der Waals surface area contributed by atoms with Crippen LogP contribution in [0.15, 0.2) is 0 Å². The second-order valence-electron chi connectivity index (χ2n) is 4.37. The summed E-state index contributed by atoms with van der Waals surface area (Å²) in [5, 5.41) is 3.48. The lowest BCUT2D eigenvalue weighted by Gasteiger charge is -2.38. The van der Waals surface area contributed by atoms with Crippen LogP contribution in [0.2, 0.25) is 0 Å². The van der Waals surface area contributed by atoms with Crippen molar-refractivity contribution in [2.75, 3.05) is 27.7 Å². The fourth-order valence-corrected chi connectivity index (χ4v) is 1.51. The number of nitrogens with one attached hydrogen (secondary N) is 1. The molecule has 3 heteroatoms. The fourth-order valence-electron chi connectivity index (χ4n) is 1.51. The minimum atomic E-state index is 0.401. The smallest absolute Gasteiger partial charge is 0.143 e. The molecular formula is C8H20N3+. The van der Waals surface area contributed by atoms with Gasteiger partial charge in [-0.25, -0.2) is 0 Å². The van der Waals surface area contributed by atoms with Crippen LogP contribution in [0.3, 0.4) is 0 Å². The summed E-state index contributed by atoms with van der Waals surface area (Å²) in [5.41, 5.74) is 5.87. The van der Waals surface area contributed by atoms with E-state index < -0.39 is 0 Å². The molecule has 0 aliphatic carbocycles. The van der Waals surface area contributed by atoms with Gasteiger partial charge in [0.25, 0.3) is 0 Å². The maximum atomic E-state index is 5.87. The molecule has 0 saturated carbocycles. The molecule has 1 aliphatic heterocycles. The Labute approximate surface area is 69.1 Å². The van der Waals surface area contributed by atoms with Gasteiger partial charge < -0.3 is 10.2 Å². The number of nitrogens with two attached hydrogens (primary N) is 1. The topological polar surface area (TPSA) is 38.0 Å². The number of hydrogen-bond donors (Lipinski definition) is 2. The van der Waals surface area contributed by atoms with Gasteiger partial charge in [-0.2, -0.15) is 0 Å². The van der Waals surface area contributed by atoms with Gasteiger partial charge in [0.05, 0.1) is 21.1 Å². The molecule has 1 saturated heterocycles. The van der Waals surface area contributed by atoms with Crippen LogP contribution in [0, 0.1) is 0 Å². The molecule has 1 heterocycles. The lowest BCUT2D eigenvalue weighted by atomic mass is 10.0. The zero-order chi connectivity index (χ0) is 8.48. The average Bonchev–Trinajstić information content (AvgIpc) is 1.86. The van der Waals surface area contributed by atoms with Crippen molar-refractivity contribution in [2.45, 2.75) is 25.0 Å². The molecule has 3 N–H and O–H groups in total. The highest BCUT2D eigenvalue weighted by Crippen LogP contribution is 2.12. The SMILES string of the molecule is C[N+](C)(C)C1CC(N)CCN1. The van der Waals surface area contributed by atoms with E-state index in [1.807, 2.05) is 0 Å². The van der Waals surface area contributed by atoms with Crippen molar-refractivity contribution in [1.29, 1.82) is 0 Å². The van der Waals surface area contributed by atoms with E-state index in [1.165, 1.54) is 0 Å². The molecule has 0 aromatic heterocycles. The summed E-state index contributed by atoms with van der Waals surface area (Å²) in [6, 6.07) is 0.401. The van der Waals surface area contributed by atoms with E-state index in [1.54, 1.807) is 0 Å². The van der Waals surface area contributed by atoms with Crippen molar-refractivity contribution in [3.63, 3.8) is 0 Å². The Balaban J connectivity index is 2.46. The van der Waals surface area contributed by atoms with Crippen LogP contribution in [-0.4, -0.2) is 44.4 Å². The first-order valence-corrected chi connectivity index (χ1v) is 4.30. The second-order valence-corrected chi connectivity index (χ2v) is 4.37. The van der Waals surface area contributed by atoms with Gasteiger partial charge in [-0.15, -0.1) is 0 Å². The van der Waals surface area contributed by atoms with Gasteiger partial charge >= 0.3 is 0 Å². The Morgan fingerprint density at radius 2 is 2.00 bits per heavy atom. The first-order valence-electron chi connectivity index (χ1n) is 4.30. The minimum Gasteiger partial charge on any atom is -0.327 e. The first-order chi connectivity index (χ1) is 5.00. The lowest BCUT2D eigenvalue weighted by molar-refractivity contribution is -0.900. The maximum absolute atomic E-state index is 5.87. The Bertz CT molecular complexity index is 128. The molecule has 0 spiro atoms. The van der Waals surface area contributed by atoms with Crippen molar-refractivity contribution in [3.05, 3.63) is 0 Å². The van der Waals surface area contributed by atoms with Crippen LogP contribution < -0.4 is 11.1 Å². The maximum Gasteiger partial charge on any atom is 0.143 e. The summed E-state index contributed by atoms with van der Waals surface area (Å²) in [4.78, 5) is 0. The highest BCUT2D eigenvalue weighted by Gasteiger charge is 2.28. The summed E-state index contributed by atoms with van der Waals surface area (Å²) < 4.78 is 0.966. The number of quaternary nitrogens is 1. The molecule has 1 aliphatic rings. The summed E-state index contributed by atoms with van der Waals surface area (Å²) >= 11 is 0. The van der Waals surface area contributed by atoms with E-state index in [0.717, 1.165) is 23.9 Å². The molecule has 0 amide bonds. The fraction of sp³-hybridized carbons (Fsp3) is 1.00. The molecule has 2 unspecified atom stereocenters. The Hall–Kier alpha value is -0.120. The molecular weight excluding hydrogens is 138 g/mol. The second kappa shape index (κ2) is 3.09. The highest BCUT2D eigenvalue weighted by atomic mass is 15.4. The quantitative estimate of drug-likeness (QED) is 0.516. The molecule has 0 bridgehead atoms. The van der Waals surface area contributed by atoms with Gasteiger partial charge in [0, 0.05) is 19.0 Å². The van der Waals surface area contributed by atoms with E-state index in [0.29, 0.717) is 12.2 Å². The Kier molecular flexibility index (Phi) is 2.52. The predicted molar refractivity (Wildman–Crippen MR) is 47.0 cm³/mol. The van der Waals surface area contributed by atoms with Gasteiger partial charge in [-0.05, 0) is 6.42 Å². The average molecular weight is 158 g/mol. The third-order valence-electron chi connectivity index (χ3n) is 2.36. The van der Waals surface area contributed by atoms with Crippen LogP contribution in [0.4, 0.5) is 0 Å². The molecule has 0 aromatic rings. The normalized spacial score (nSPS) is 33.8. The van der Waals surface area contributed by atoms with E-state index in [9.17, 15) is 0 Å². The summed E-state index contributed by atoms with van der Waals surface area (Å²) in [7, 11) is 6.61. The molecule has 0 aromatic carbocycles. The molecule has 3 nitrogen and oxygen atoms in total. The number of rotatable bonds is 1. The van der Waals surface area contributed by atoms with E-state index in [-0.39, 0.29) is 0 Å². The van der Waals surface area contributed by atoms with Gasteiger partial charge in [-0.3, -0.25) is 5.32 Å². The summed E-state index contributed by atoms with van der Waals surface area (Å²) in [6.45, 7) is 1.07. The summed E-state index contributed by atoms with van der Waals surface area (Å²) in [5.74, 6) is 0. The van der Waals surface area contributed by atoms with Crippen molar-refractivity contribution in [1.82, 2.24) is 5.32 Å². The molecule has 1 fully saturated rings. The lowest BCUT2D eigenvalue weighted by Crippen LogP contribution is -2.58. The van der Waals surface area contributed by atoms with Crippen LogP contribution in [0.25, 0.3) is 0 Å². The van der Waals surface area contributed by atoms with Crippen LogP contribution in [0.1, 0.15) is 12.8 Å². The van der Waals surface area contributed by atoms with Crippen LogP contribution in [0.5, 0.6) is 0 Å². The van der Waals surface area contributed by atoms with Crippen molar-refractivity contribution < 1.29 is 4.48 Å². The van der Waals surface area contributed by atoms with Crippen molar-refractivity contribution in [3.8, 4) is 0 Å². The van der Waals surface area contributed by atoms with E-state index in [2.05, 4.69) is 26.5 Å². The van der Waals surface area contributed by atoms with Crippen LogP contribution >= 0.6 is 0 Å². The summed E-state index contributed by atoms with van der Waals surface area (Å²) in [6.07, 6.45) is 2.76. The number of piperidine rings is 1. The van der Waals surface area contributed by atoms with Gasteiger partial charge in [0.1, 0.15) is 6.17 Å². The van der Waals surface area contributed by atoms with Gasteiger partial charge in [-0.1, -0.05) is 0 Å². The predicted octanol–water partition coefficient (Wildman–Crippen LogP) is -0.271. The monoisotopic (exact) mass is 158 g/mol. The molecule has 11 heavy (non-hydrogen) atoms. The van der Waals surface area contributed by atoms with Crippen molar-refractivity contribution in [2.24, 2.45) is 5.73 Å². The third kappa shape index (κ3) is 2.43. The highest BCUT2D eigenvalue weighted by molar-refractivity contribution is 4.74. The van der Waals surface area contributed by atoms with E-state index >= 15 is 0 Å². The molecule has 0 radical (unpaired) electrons. The standard InChI is InChI=1S/C8H20N3/c1-11(2,3)8-6-7(9)4-5-10-8/h7-8,10H,4-6,9H2,1-3H3/q+1. The minimum absolute atomic E-state index is 0.401.